The van der Waals surface area contributed by atoms with Crippen LogP contribution in [-0.2, 0) is 28.9 Å². The van der Waals surface area contributed by atoms with Crippen LogP contribution in [0.4, 0.5) is 46.1 Å². The van der Waals surface area contributed by atoms with E-state index in [4.69, 9.17) is 4.74 Å². The number of halogens is 4. The smallest absolute Gasteiger partial charge is 0.419 e. The highest BCUT2D eigenvalue weighted by Crippen LogP contribution is 2.39. The number of piperidine rings is 2. The predicted octanol–water partition coefficient (Wildman–Crippen LogP) is 5.61. The highest BCUT2D eigenvalue weighted by molar-refractivity contribution is 6.05. The molecule has 57 heavy (non-hydrogen) atoms. The minimum atomic E-state index is -4.72. The summed E-state index contributed by atoms with van der Waals surface area (Å²) in [6, 6.07) is 15.4. The van der Waals surface area contributed by atoms with Gasteiger partial charge in [0.05, 0.1) is 41.8 Å². The summed E-state index contributed by atoms with van der Waals surface area (Å²) in [5.41, 5.74) is 1.30. The number of nitrogens with one attached hydrogen (secondary N) is 5. The van der Waals surface area contributed by atoms with E-state index in [-0.39, 0.29) is 71.8 Å². The van der Waals surface area contributed by atoms with Gasteiger partial charge in [0, 0.05) is 79.9 Å². The first-order valence-electron chi connectivity index (χ1n) is 18.4. The van der Waals surface area contributed by atoms with Crippen LogP contribution in [0.1, 0.15) is 63.1 Å². The number of aromatic nitrogens is 1. The molecule has 0 aliphatic carbocycles. The van der Waals surface area contributed by atoms with Crippen LogP contribution < -0.4 is 36.2 Å². The van der Waals surface area contributed by atoms with E-state index >= 15 is 4.39 Å². The molecular formula is C40H40F4N8O5. The molecule has 0 radical (unpaired) electrons. The topological polar surface area (TPSA) is 157 Å². The van der Waals surface area contributed by atoms with Gasteiger partial charge in [-0.1, -0.05) is 18.2 Å². The average Bonchev–Trinajstić information content (AvgIpc) is 3.53. The number of methoxy groups -OCH3 is 1. The number of para-hydroxylation sites is 1. The summed E-state index contributed by atoms with van der Waals surface area (Å²) in [5.74, 6) is -1.75. The maximum atomic E-state index is 15.7. The van der Waals surface area contributed by atoms with Gasteiger partial charge >= 0.3 is 6.18 Å². The zero-order valence-electron chi connectivity index (χ0n) is 31.1. The van der Waals surface area contributed by atoms with Gasteiger partial charge in [0.15, 0.2) is 0 Å². The fourth-order valence-corrected chi connectivity index (χ4v) is 7.43. The van der Waals surface area contributed by atoms with Crippen LogP contribution in [0.2, 0.25) is 0 Å². The number of rotatable bonds is 11. The van der Waals surface area contributed by atoms with Crippen molar-refractivity contribution in [3.05, 3.63) is 100 Å². The molecule has 4 aromatic rings. The highest BCUT2D eigenvalue weighted by Gasteiger charge is 2.40. The van der Waals surface area contributed by atoms with Gasteiger partial charge in [-0.15, -0.1) is 0 Å². The summed E-state index contributed by atoms with van der Waals surface area (Å²) in [5, 5.41) is 14.0. The predicted molar refractivity (Wildman–Crippen MR) is 203 cm³/mol. The summed E-state index contributed by atoms with van der Waals surface area (Å²) in [4.78, 5) is 56.9. The van der Waals surface area contributed by atoms with Gasteiger partial charge in [-0.25, -0.2) is 9.37 Å². The van der Waals surface area contributed by atoms with E-state index in [1.165, 1.54) is 37.3 Å². The van der Waals surface area contributed by atoms with Crippen LogP contribution in [0.15, 0.2) is 66.9 Å². The zero-order chi connectivity index (χ0) is 40.4. The van der Waals surface area contributed by atoms with E-state index < -0.39 is 41.3 Å². The van der Waals surface area contributed by atoms with Gasteiger partial charge in [0.1, 0.15) is 23.4 Å². The number of alkyl halides is 3. The second-order valence-electron chi connectivity index (χ2n) is 14.0. The summed E-state index contributed by atoms with van der Waals surface area (Å²) in [6.45, 7) is 1.58. The summed E-state index contributed by atoms with van der Waals surface area (Å²) in [6.07, 6.45) is -2.17. The monoisotopic (exact) mass is 788 g/mol. The Kier molecular flexibility index (Phi) is 11.0. The molecule has 13 nitrogen and oxygen atoms in total. The van der Waals surface area contributed by atoms with Gasteiger partial charge in [0.2, 0.25) is 11.8 Å². The lowest BCUT2D eigenvalue weighted by molar-refractivity contribution is -0.138. The molecule has 1 unspecified atom stereocenters. The SMILES string of the molecule is CNC(=O)c1ccccc1Nc1cc(Nc2ccc(N3CCC(NCc4ccc5c(c4F)CN(C4CCC(=O)NC4=O)C5=O)CC3)cc2OC)ncc1C(F)(F)F. The molecule has 1 aromatic heterocycles. The number of hydrogen-bond acceptors (Lipinski definition) is 10. The van der Waals surface area contributed by atoms with E-state index in [2.05, 4.69) is 36.5 Å². The Morgan fingerprint density at radius 2 is 1.74 bits per heavy atom. The number of benzene rings is 3. The van der Waals surface area contributed by atoms with Crippen LogP contribution in [0.3, 0.4) is 0 Å². The van der Waals surface area contributed by atoms with Crippen LogP contribution in [-0.4, -0.2) is 72.8 Å². The summed E-state index contributed by atoms with van der Waals surface area (Å²) < 4.78 is 63.4. The first-order valence-corrected chi connectivity index (χ1v) is 18.4. The lowest BCUT2D eigenvalue weighted by Crippen LogP contribution is -2.52. The molecule has 17 heteroatoms. The number of anilines is 5. The highest BCUT2D eigenvalue weighted by atomic mass is 19.4. The Bertz CT molecular complexity index is 2230. The Labute approximate surface area is 325 Å². The lowest BCUT2D eigenvalue weighted by atomic mass is 10.0. The van der Waals surface area contributed by atoms with Crippen molar-refractivity contribution in [2.24, 2.45) is 0 Å². The fraction of sp³-hybridized carbons (Fsp3) is 0.325. The maximum absolute atomic E-state index is 15.7. The fourth-order valence-electron chi connectivity index (χ4n) is 7.43. The molecule has 4 amide bonds. The van der Waals surface area contributed by atoms with Crippen molar-refractivity contribution in [1.82, 2.24) is 25.8 Å². The van der Waals surface area contributed by atoms with Crippen LogP contribution in [0, 0.1) is 5.82 Å². The number of imide groups is 1. The quantitative estimate of drug-likeness (QED) is 0.0956. The molecule has 0 spiro atoms. The van der Waals surface area contributed by atoms with Crippen LogP contribution >= 0.6 is 0 Å². The number of amides is 4. The molecule has 0 saturated carbocycles. The molecular weight excluding hydrogens is 748 g/mol. The molecule has 3 aliphatic heterocycles. The van der Waals surface area contributed by atoms with Crippen molar-refractivity contribution in [3.8, 4) is 5.75 Å². The van der Waals surface area contributed by atoms with Crippen molar-refractivity contribution < 1.29 is 41.5 Å². The first kappa shape index (κ1) is 39.0. The molecule has 2 saturated heterocycles. The molecule has 3 aromatic carbocycles. The summed E-state index contributed by atoms with van der Waals surface area (Å²) >= 11 is 0. The summed E-state index contributed by atoms with van der Waals surface area (Å²) in [7, 11) is 2.92. The van der Waals surface area contributed by atoms with Crippen molar-refractivity contribution in [3.63, 3.8) is 0 Å². The third kappa shape index (κ3) is 8.19. The van der Waals surface area contributed by atoms with Gasteiger partial charge in [0.25, 0.3) is 11.8 Å². The van der Waals surface area contributed by atoms with Crippen molar-refractivity contribution in [2.75, 3.05) is 42.8 Å². The molecule has 7 rings (SSSR count). The van der Waals surface area contributed by atoms with E-state index in [1.807, 2.05) is 12.1 Å². The number of pyridine rings is 1. The third-order valence-corrected chi connectivity index (χ3v) is 10.5. The van der Waals surface area contributed by atoms with E-state index in [0.29, 0.717) is 30.1 Å². The minimum Gasteiger partial charge on any atom is -0.494 e. The normalized spacial score (nSPS) is 17.3. The minimum absolute atomic E-state index is 0.0369. The Morgan fingerprint density at radius 1 is 0.965 bits per heavy atom. The third-order valence-electron chi connectivity index (χ3n) is 10.5. The number of hydrogen-bond donors (Lipinski definition) is 5. The van der Waals surface area contributed by atoms with Gasteiger partial charge in [-0.2, -0.15) is 13.2 Å². The standard InChI is InChI=1S/C40H40F4N8O5/c1-45-37(54)26-5-3-4-6-29(26)48-31-18-34(47-20-28(31)40(42,43)44)49-30-10-8-24(17-33(30)57-2)51-15-13-23(14-16-51)46-19-22-7-9-25-27(36(22)41)21-52(39(25)56)32-11-12-35(53)50-38(32)55/h3-10,17-18,20,23,32,46H,11-16,19,21H2,1-2H3,(H,45,54)(H2,47,48,49)(H,50,53,55). The zero-order valence-corrected chi connectivity index (χ0v) is 31.1. The van der Waals surface area contributed by atoms with Crippen LogP contribution in [0.5, 0.6) is 5.75 Å². The van der Waals surface area contributed by atoms with Crippen molar-refractivity contribution in [1.29, 1.82) is 0 Å². The van der Waals surface area contributed by atoms with Crippen LogP contribution in [0.25, 0.3) is 0 Å². The lowest BCUT2D eigenvalue weighted by Gasteiger charge is -2.34. The Hall–Kier alpha value is -6.23. The van der Waals surface area contributed by atoms with Crippen molar-refractivity contribution in [2.45, 2.75) is 57.0 Å². The number of carbonyl (C=O) groups is 4. The molecule has 298 valence electrons. The maximum Gasteiger partial charge on any atom is 0.419 e. The molecule has 5 N–H and O–H groups in total. The van der Waals surface area contributed by atoms with Gasteiger partial charge in [-0.3, -0.25) is 24.5 Å². The first-order chi connectivity index (χ1) is 27.3. The molecule has 2 fully saturated rings. The molecule has 3 aliphatic rings. The van der Waals surface area contributed by atoms with Gasteiger partial charge in [-0.05, 0) is 49.6 Å². The second kappa shape index (κ2) is 16.1. The number of carbonyl (C=O) groups excluding carboxylic acids is 4. The molecule has 1 atom stereocenters. The number of ether oxygens (including phenoxy) is 1. The Morgan fingerprint density at radius 3 is 2.46 bits per heavy atom. The van der Waals surface area contributed by atoms with Gasteiger partial charge < -0.3 is 35.8 Å². The second-order valence-corrected chi connectivity index (χ2v) is 14.0. The largest absolute Gasteiger partial charge is 0.494 e. The van der Waals surface area contributed by atoms with E-state index in [9.17, 15) is 32.3 Å². The molecule has 0 bridgehead atoms. The van der Waals surface area contributed by atoms with E-state index in [0.717, 1.165) is 24.7 Å². The van der Waals surface area contributed by atoms with Crippen molar-refractivity contribution >= 4 is 52.2 Å². The average molecular weight is 789 g/mol. The Balaban J connectivity index is 0.976. The number of fused-ring (bicyclic) bond motifs is 1. The van der Waals surface area contributed by atoms with E-state index in [1.54, 1.807) is 30.3 Å². The molecule has 4 heterocycles. The number of nitrogens with zero attached hydrogens (tertiary/aromatic N) is 3.